The summed E-state index contributed by atoms with van der Waals surface area (Å²) < 4.78 is 17.1. The van der Waals surface area contributed by atoms with E-state index >= 15 is 0 Å². The van der Waals surface area contributed by atoms with E-state index in [1.165, 1.54) is 64.6 Å². The molecule has 2 aliphatic rings. The second kappa shape index (κ2) is 15.0. The van der Waals surface area contributed by atoms with Crippen LogP contribution in [0.1, 0.15) is 67.3 Å². The summed E-state index contributed by atoms with van der Waals surface area (Å²) in [4.78, 5) is 15.5. The molecule has 0 radical (unpaired) electrons. The maximum Gasteiger partial charge on any atom is 0.251 e. The van der Waals surface area contributed by atoms with Crippen LogP contribution in [-0.2, 0) is 6.61 Å². The van der Waals surface area contributed by atoms with Crippen LogP contribution in [0.5, 0.6) is 17.2 Å². The monoisotopic (exact) mass is 523 g/mol. The van der Waals surface area contributed by atoms with Gasteiger partial charge < -0.3 is 29.7 Å². The van der Waals surface area contributed by atoms with Crippen molar-refractivity contribution in [2.45, 2.75) is 64.0 Å². The number of ether oxygens (including phenoxy) is 3. The Labute approximate surface area is 228 Å². The Kier molecular flexibility index (Phi) is 11.1. The fourth-order valence-corrected chi connectivity index (χ4v) is 5.64. The van der Waals surface area contributed by atoms with Crippen molar-refractivity contribution < 1.29 is 19.0 Å². The first-order valence-electron chi connectivity index (χ1n) is 14.3. The second-order valence-corrected chi connectivity index (χ2v) is 10.6. The number of rotatable bonds is 13. The van der Waals surface area contributed by atoms with E-state index in [4.69, 9.17) is 14.2 Å². The van der Waals surface area contributed by atoms with E-state index in [1.54, 1.807) is 26.4 Å². The van der Waals surface area contributed by atoms with Gasteiger partial charge in [0.05, 0.1) is 14.2 Å². The van der Waals surface area contributed by atoms with Gasteiger partial charge in [0, 0.05) is 24.7 Å². The van der Waals surface area contributed by atoms with Gasteiger partial charge in [0.25, 0.3) is 5.91 Å². The predicted molar refractivity (Wildman–Crippen MR) is 151 cm³/mol. The SMILES string of the molecule is COc1cc(C(=O)NCCCNC2CCN(CC3CCCCC3)CC2)cc(OC)c1OCc1ccccc1. The zero-order valence-electron chi connectivity index (χ0n) is 23.2. The smallest absolute Gasteiger partial charge is 0.251 e. The summed E-state index contributed by atoms with van der Waals surface area (Å²) in [6, 6.07) is 13.9. The fraction of sp³-hybridized carbons (Fsp3) is 0.581. The summed E-state index contributed by atoms with van der Waals surface area (Å²) in [6.45, 7) is 5.62. The van der Waals surface area contributed by atoms with Gasteiger partial charge in [0.2, 0.25) is 5.75 Å². The molecule has 0 bridgehead atoms. The van der Waals surface area contributed by atoms with Gasteiger partial charge in [0.15, 0.2) is 11.5 Å². The zero-order valence-corrected chi connectivity index (χ0v) is 23.2. The quantitative estimate of drug-likeness (QED) is 0.359. The van der Waals surface area contributed by atoms with Gasteiger partial charge in [-0.25, -0.2) is 0 Å². The van der Waals surface area contributed by atoms with Crippen LogP contribution in [0.25, 0.3) is 0 Å². The highest BCUT2D eigenvalue weighted by molar-refractivity contribution is 5.95. The number of piperidine rings is 1. The van der Waals surface area contributed by atoms with Crippen molar-refractivity contribution >= 4 is 5.91 Å². The number of amides is 1. The van der Waals surface area contributed by atoms with Crippen molar-refractivity contribution in [1.82, 2.24) is 15.5 Å². The third-order valence-electron chi connectivity index (χ3n) is 7.85. The Morgan fingerprint density at radius 1 is 0.921 bits per heavy atom. The van der Waals surface area contributed by atoms with Gasteiger partial charge in [-0.3, -0.25) is 4.79 Å². The van der Waals surface area contributed by atoms with Gasteiger partial charge in [-0.05, 0) is 75.4 Å². The number of carbonyl (C=O) groups excluding carboxylic acids is 1. The highest BCUT2D eigenvalue weighted by Crippen LogP contribution is 2.39. The van der Waals surface area contributed by atoms with Crippen molar-refractivity contribution in [3.8, 4) is 17.2 Å². The molecule has 1 aliphatic carbocycles. The summed E-state index contributed by atoms with van der Waals surface area (Å²) in [5.41, 5.74) is 1.53. The Bertz CT molecular complexity index is 961. The topological polar surface area (TPSA) is 72.1 Å². The van der Waals surface area contributed by atoms with E-state index in [0.717, 1.165) is 24.4 Å². The number of benzene rings is 2. The highest BCUT2D eigenvalue weighted by atomic mass is 16.5. The number of methoxy groups -OCH3 is 2. The lowest BCUT2D eigenvalue weighted by Crippen LogP contribution is -2.44. The van der Waals surface area contributed by atoms with Crippen LogP contribution < -0.4 is 24.8 Å². The molecule has 2 aromatic carbocycles. The van der Waals surface area contributed by atoms with Crippen molar-refractivity contribution in [2.75, 3.05) is 46.9 Å². The third-order valence-corrected chi connectivity index (χ3v) is 7.85. The molecule has 1 aliphatic heterocycles. The largest absolute Gasteiger partial charge is 0.493 e. The van der Waals surface area contributed by atoms with Gasteiger partial charge in [-0.15, -0.1) is 0 Å². The molecule has 1 heterocycles. The average molecular weight is 524 g/mol. The van der Waals surface area contributed by atoms with Gasteiger partial charge in [0.1, 0.15) is 6.61 Å². The van der Waals surface area contributed by atoms with E-state index in [-0.39, 0.29) is 5.91 Å². The molecule has 0 unspecified atom stereocenters. The van der Waals surface area contributed by atoms with Crippen LogP contribution >= 0.6 is 0 Å². The average Bonchev–Trinajstić information content (AvgIpc) is 2.97. The van der Waals surface area contributed by atoms with Gasteiger partial charge in [-0.1, -0.05) is 49.6 Å². The second-order valence-electron chi connectivity index (χ2n) is 10.6. The van der Waals surface area contributed by atoms with Crippen LogP contribution in [0.2, 0.25) is 0 Å². The van der Waals surface area contributed by atoms with E-state index < -0.39 is 0 Å². The molecule has 1 amide bonds. The molecule has 2 aromatic rings. The molecule has 2 fully saturated rings. The molecule has 0 atom stereocenters. The number of carbonyl (C=O) groups is 1. The van der Waals surface area contributed by atoms with Crippen molar-refractivity contribution in [1.29, 1.82) is 0 Å². The summed E-state index contributed by atoms with van der Waals surface area (Å²) in [5, 5.41) is 6.73. The van der Waals surface area contributed by atoms with Gasteiger partial charge >= 0.3 is 0 Å². The Morgan fingerprint density at radius 2 is 1.61 bits per heavy atom. The molecule has 0 spiro atoms. The lowest BCUT2D eigenvalue weighted by molar-refractivity contribution is 0.0952. The highest BCUT2D eigenvalue weighted by Gasteiger charge is 2.22. The number of nitrogens with zero attached hydrogens (tertiary/aromatic N) is 1. The van der Waals surface area contributed by atoms with E-state index in [0.29, 0.717) is 42.0 Å². The zero-order chi connectivity index (χ0) is 26.6. The summed E-state index contributed by atoms with van der Waals surface area (Å²) in [7, 11) is 3.13. The van der Waals surface area contributed by atoms with Crippen molar-refractivity contribution in [3.63, 3.8) is 0 Å². The van der Waals surface area contributed by atoms with Crippen LogP contribution in [0.15, 0.2) is 42.5 Å². The maximum absolute atomic E-state index is 12.8. The first kappa shape index (κ1) is 28.2. The number of likely N-dealkylation sites (tertiary alicyclic amines) is 1. The summed E-state index contributed by atoms with van der Waals surface area (Å²) in [6.07, 6.45) is 10.5. The molecule has 0 aromatic heterocycles. The Morgan fingerprint density at radius 3 is 2.26 bits per heavy atom. The lowest BCUT2D eigenvalue weighted by Gasteiger charge is -2.35. The molecule has 2 N–H and O–H groups in total. The summed E-state index contributed by atoms with van der Waals surface area (Å²) in [5.74, 6) is 2.22. The number of hydrogen-bond donors (Lipinski definition) is 2. The number of nitrogens with one attached hydrogen (secondary N) is 2. The molecule has 208 valence electrons. The van der Waals surface area contributed by atoms with Crippen LogP contribution in [0.3, 0.4) is 0 Å². The van der Waals surface area contributed by atoms with E-state index in [1.807, 2.05) is 30.3 Å². The molecule has 4 rings (SSSR count). The third kappa shape index (κ3) is 8.37. The Balaban J connectivity index is 1.17. The van der Waals surface area contributed by atoms with E-state index in [2.05, 4.69) is 15.5 Å². The summed E-state index contributed by atoms with van der Waals surface area (Å²) >= 11 is 0. The Hall–Kier alpha value is -2.77. The maximum atomic E-state index is 12.8. The predicted octanol–water partition coefficient (Wildman–Crippen LogP) is 5.04. The first-order valence-corrected chi connectivity index (χ1v) is 14.3. The molecular weight excluding hydrogens is 478 g/mol. The molecular formula is C31H45N3O4. The van der Waals surface area contributed by atoms with Crippen molar-refractivity contribution in [2.24, 2.45) is 5.92 Å². The first-order chi connectivity index (χ1) is 18.7. The van der Waals surface area contributed by atoms with E-state index in [9.17, 15) is 4.79 Å². The van der Waals surface area contributed by atoms with Crippen LogP contribution in [0.4, 0.5) is 0 Å². The van der Waals surface area contributed by atoms with Crippen LogP contribution in [-0.4, -0.2) is 63.8 Å². The molecule has 38 heavy (non-hydrogen) atoms. The normalized spacial score (nSPS) is 17.2. The fourth-order valence-electron chi connectivity index (χ4n) is 5.64. The number of hydrogen-bond acceptors (Lipinski definition) is 6. The molecule has 1 saturated carbocycles. The standard InChI is InChI=1S/C31H45N3O4/c1-36-28-20-26(21-29(37-2)30(28)38-23-25-12-7-4-8-13-25)31(35)33-17-9-16-32-27-14-18-34(19-15-27)22-24-10-5-3-6-11-24/h4,7-8,12-13,20-21,24,27,32H,3,5-6,9-11,14-19,22-23H2,1-2H3,(H,33,35). The molecule has 7 heteroatoms. The molecule has 1 saturated heterocycles. The van der Waals surface area contributed by atoms with Crippen molar-refractivity contribution in [3.05, 3.63) is 53.6 Å². The van der Waals surface area contributed by atoms with Gasteiger partial charge in [-0.2, -0.15) is 0 Å². The lowest BCUT2D eigenvalue weighted by atomic mass is 9.88. The minimum Gasteiger partial charge on any atom is -0.493 e. The minimum atomic E-state index is -0.146. The van der Waals surface area contributed by atoms with Crippen LogP contribution in [0, 0.1) is 5.92 Å². The minimum absolute atomic E-state index is 0.146. The molecule has 7 nitrogen and oxygen atoms in total.